The standard InChI is InChI=1S/C24H37N3O2/c1-24(2,29)12-8-20-4-6-21(7-5-20)18-26-15-16-27(23(19-26)11-17-28)22-9-13-25(3)14-10-22/h4-7,22-23,28-29H,9-11,13-19H2,1-3H3. The summed E-state index contributed by atoms with van der Waals surface area (Å²) in [5.74, 6) is 5.89. The molecule has 0 aliphatic carbocycles. The molecule has 1 unspecified atom stereocenters. The lowest BCUT2D eigenvalue weighted by atomic mass is 9.98. The molecule has 2 N–H and O–H groups in total. The highest BCUT2D eigenvalue weighted by atomic mass is 16.3. The van der Waals surface area contributed by atoms with Crippen molar-refractivity contribution in [3.8, 4) is 11.8 Å². The van der Waals surface area contributed by atoms with Crippen LogP contribution < -0.4 is 0 Å². The molecule has 3 rings (SSSR count). The number of aliphatic hydroxyl groups excluding tert-OH is 1. The van der Waals surface area contributed by atoms with Gasteiger partial charge in [-0.1, -0.05) is 24.0 Å². The lowest BCUT2D eigenvalue weighted by molar-refractivity contribution is 0.00600. The molecule has 1 atom stereocenters. The first-order valence-electron chi connectivity index (χ1n) is 11.0. The van der Waals surface area contributed by atoms with Crippen LogP contribution in [0.15, 0.2) is 24.3 Å². The second kappa shape index (κ2) is 10.1. The number of rotatable bonds is 5. The second-order valence-electron chi connectivity index (χ2n) is 9.18. The Hall–Kier alpha value is -1.42. The van der Waals surface area contributed by atoms with Crippen LogP contribution in [0.4, 0.5) is 0 Å². The lowest BCUT2D eigenvalue weighted by Crippen LogP contribution is -2.58. The van der Waals surface area contributed by atoms with Crippen molar-refractivity contribution in [2.75, 3.05) is 46.4 Å². The van der Waals surface area contributed by atoms with Crippen molar-refractivity contribution in [1.29, 1.82) is 0 Å². The lowest BCUT2D eigenvalue weighted by Gasteiger charge is -2.47. The summed E-state index contributed by atoms with van der Waals surface area (Å²) in [4.78, 5) is 7.61. The molecule has 2 aliphatic rings. The number of nitrogens with zero attached hydrogens (tertiary/aromatic N) is 3. The van der Waals surface area contributed by atoms with E-state index in [2.05, 4.69) is 45.7 Å². The fourth-order valence-electron chi connectivity index (χ4n) is 4.47. The van der Waals surface area contributed by atoms with Crippen molar-refractivity contribution in [2.45, 2.75) is 57.3 Å². The molecule has 2 fully saturated rings. The molecule has 0 saturated carbocycles. The van der Waals surface area contributed by atoms with Gasteiger partial charge < -0.3 is 15.1 Å². The molecule has 0 spiro atoms. The number of piperidine rings is 1. The third-order valence-corrected chi connectivity index (χ3v) is 6.10. The Kier molecular flexibility index (Phi) is 7.72. The van der Waals surface area contributed by atoms with Crippen LogP contribution in [0.3, 0.4) is 0 Å². The Labute approximate surface area is 176 Å². The monoisotopic (exact) mass is 399 g/mol. The fourth-order valence-corrected chi connectivity index (χ4v) is 4.47. The van der Waals surface area contributed by atoms with Crippen LogP contribution in [0.2, 0.25) is 0 Å². The third-order valence-electron chi connectivity index (χ3n) is 6.10. The Balaban J connectivity index is 1.57. The van der Waals surface area contributed by atoms with Gasteiger partial charge in [0.15, 0.2) is 0 Å². The van der Waals surface area contributed by atoms with Crippen molar-refractivity contribution >= 4 is 0 Å². The Bertz CT molecular complexity index is 694. The van der Waals surface area contributed by atoms with E-state index in [0.29, 0.717) is 12.1 Å². The molecule has 1 aromatic carbocycles. The average Bonchev–Trinajstić information content (AvgIpc) is 2.68. The first-order valence-corrected chi connectivity index (χ1v) is 11.0. The average molecular weight is 400 g/mol. The molecule has 160 valence electrons. The number of benzene rings is 1. The Morgan fingerprint density at radius 2 is 1.76 bits per heavy atom. The number of likely N-dealkylation sites (tertiary alicyclic amines) is 1. The van der Waals surface area contributed by atoms with E-state index in [1.807, 2.05) is 12.1 Å². The van der Waals surface area contributed by atoms with E-state index in [9.17, 15) is 10.2 Å². The minimum Gasteiger partial charge on any atom is -0.396 e. The minimum absolute atomic E-state index is 0.260. The molecule has 2 heterocycles. The predicted molar refractivity (Wildman–Crippen MR) is 118 cm³/mol. The largest absolute Gasteiger partial charge is 0.396 e. The SMILES string of the molecule is CN1CCC(N2CCN(Cc3ccc(C#CC(C)(C)O)cc3)CC2CCO)CC1. The summed E-state index contributed by atoms with van der Waals surface area (Å²) in [7, 11) is 2.21. The zero-order valence-corrected chi connectivity index (χ0v) is 18.3. The van der Waals surface area contributed by atoms with E-state index in [1.165, 1.54) is 31.5 Å². The van der Waals surface area contributed by atoms with E-state index in [0.717, 1.165) is 38.2 Å². The molecular formula is C24H37N3O2. The molecule has 1 aromatic rings. The quantitative estimate of drug-likeness (QED) is 0.739. The van der Waals surface area contributed by atoms with Gasteiger partial charge in [-0.15, -0.1) is 0 Å². The number of piperazine rings is 1. The molecule has 2 aliphatic heterocycles. The van der Waals surface area contributed by atoms with E-state index in [-0.39, 0.29) is 6.61 Å². The van der Waals surface area contributed by atoms with Crippen LogP contribution in [0.5, 0.6) is 0 Å². The molecular weight excluding hydrogens is 362 g/mol. The smallest absolute Gasteiger partial charge is 0.120 e. The molecule has 5 heteroatoms. The van der Waals surface area contributed by atoms with Crippen molar-refractivity contribution in [3.63, 3.8) is 0 Å². The van der Waals surface area contributed by atoms with Gasteiger partial charge in [-0.3, -0.25) is 9.80 Å². The van der Waals surface area contributed by atoms with E-state index in [4.69, 9.17) is 0 Å². The first-order chi connectivity index (χ1) is 13.8. The summed E-state index contributed by atoms with van der Waals surface area (Å²) in [5, 5.41) is 19.3. The predicted octanol–water partition coefficient (Wildman–Crippen LogP) is 1.77. The first kappa shape index (κ1) is 22.3. The van der Waals surface area contributed by atoms with E-state index in [1.54, 1.807) is 13.8 Å². The maximum atomic E-state index is 9.74. The van der Waals surface area contributed by atoms with Gasteiger partial charge in [-0.2, -0.15) is 0 Å². The van der Waals surface area contributed by atoms with E-state index < -0.39 is 5.60 Å². The normalized spacial score (nSPS) is 23.0. The van der Waals surface area contributed by atoms with Crippen LogP contribution in [0, 0.1) is 11.8 Å². The summed E-state index contributed by atoms with van der Waals surface area (Å²) in [6, 6.07) is 9.46. The summed E-state index contributed by atoms with van der Waals surface area (Å²) >= 11 is 0. The molecule has 0 bridgehead atoms. The summed E-state index contributed by atoms with van der Waals surface area (Å²) in [5.41, 5.74) is 1.25. The van der Waals surface area contributed by atoms with Crippen LogP contribution in [-0.4, -0.2) is 89.0 Å². The van der Waals surface area contributed by atoms with Gasteiger partial charge in [0.25, 0.3) is 0 Å². The highest BCUT2D eigenvalue weighted by Gasteiger charge is 2.32. The molecule has 29 heavy (non-hydrogen) atoms. The van der Waals surface area contributed by atoms with Gasteiger partial charge in [0.2, 0.25) is 0 Å². The van der Waals surface area contributed by atoms with Crippen molar-refractivity contribution in [3.05, 3.63) is 35.4 Å². The zero-order valence-electron chi connectivity index (χ0n) is 18.3. The van der Waals surface area contributed by atoms with Gasteiger partial charge in [0.05, 0.1) is 0 Å². The van der Waals surface area contributed by atoms with Gasteiger partial charge in [0, 0.05) is 50.4 Å². The summed E-state index contributed by atoms with van der Waals surface area (Å²) in [6.07, 6.45) is 3.34. The van der Waals surface area contributed by atoms with Gasteiger partial charge in [-0.25, -0.2) is 0 Å². The van der Waals surface area contributed by atoms with E-state index >= 15 is 0 Å². The topological polar surface area (TPSA) is 50.2 Å². The minimum atomic E-state index is -0.964. The maximum Gasteiger partial charge on any atom is 0.120 e. The molecule has 0 amide bonds. The Morgan fingerprint density at radius 3 is 2.38 bits per heavy atom. The number of hydrogen-bond donors (Lipinski definition) is 2. The zero-order chi connectivity index (χ0) is 20.9. The summed E-state index contributed by atoms with van der Waals surface area (Å²) < 4.78 is 0. The molecule has 5 nitrogen and oxygen atoms in total. The van der Waals surface area contributed by atoms with Crippen LogP contribution in [0.25, 0.3) is 0 Å². The molecule has 0 radical (unpaired) electrons. The van der Waals surface area contributed by atoms with Gasteiger partial charge in [0.1, 0.15) is 5.60 Å². The fraction of sp³-hybridized carbons (Fsp3) is 0.667. The third kappa shape index (κ3) is 6.80. The van der Waals surface area contributed by atoms with Crippen molar-refractivity contribution in [1.82, 2.24) is 14.7 Å². The van der Waals surface area contributed by atoms with Crippen LogP contribution in [-0.2, 0) is 6.54 Å². The van der Waals surface area contributed by atoms with Gasteiger partial charge in [-0.05, 0) is 70.9 Å². The molecule has 0 aromatic heterocycles. The Morgan fingerprint density at radius 1 is 1.07 bits per heavy atom. The highest BCUT2D eigenvalue weighted by molar-refractivity contribution is 5.37. The van der Waals surface area contributed by atoms with Crippen LogP contribution >= 0.6 is 0 Å². The maximum absolute atomic E-state index is 9.74. The number of aliphatic hydroxyl groups is 2. The second-order valence-corrected chi connectivity index (χ2v) is 9.18. The van der Waals surface area contributed by atoms with Crippen LogP contribution in [0.1, 0.15) is 44.2 Å². The van der Waals surface area contributed by atoms with Crippen molar-refractivity contribution < 1.29 is 10.2 Å². The highest BCUT2D eigenvalue weighted by Crippen LogP contribution is 2.23. The number of hydrogen-bond acceptors (Lipinski definition) is 5. The van der Waals surface area contributed by atoms with Gasteiger partial charge >= 0.3 is 0 Å². The summed E-state index contributed by atoms with van der Waals surface area (Å²) in [6.45, 7) is 10.1. The molecule has 2 saturated heterocycles. The van der Waals surface area contributed by atoms with Crippen molar-refractivity contribution in [2.24, 2.45) is 0 Å².